The van der Waals surface area contributed by atoms with Crippen LogP contribution in [-0.2, 0) is 14.3 Å². The first-order chi connectivity index (χ1) is 17.2. The summed E-state index contributed by atoms with van der Waals surface area (Å²) in [5.41, 5.74) is 1.97. The van der Waals surface area contributed by atoms with Gasteiger partial charge in [0.15, 0.2) is 0 Å². The first-order valence-corrected chi connectivity index (χ1v) is 13.5. The minimum Gasteiger partial charge on any atom is -0.435 e. The summed E-state index contributed by atoms with van der Waals surface area (Å²) in [4.78, 5) is 53.9. The number of carbonyl (C=O) groups is 4. The topological polar surface area (TPSA) is 105 Å². The molecule has 2 aromatic rings. The van der Waals surface area contributed by atoms with Gasteiger partial charge in [-0.15, -0.1) is 11.3 Å². The van der Waals surface area contributed by atoms with Crippen LogP contribution in [-0.4, -0.2) is 67.2 Å². The van der Waals surface area contributed by atoms with Crippen LogP contribution in [0.5, 0.6) is 0 Å². The van der Waals surface area contributed by atoms with Gasteiger partial charge in [0.05, 0.1) is 27.9 Å². The molecular formula is C25H28BrN3O6S. The highest BCUT2D eigenvalue weighted by molar-refractivity contribution is 9.11. The number of halogens is 1. The zero-order valence-corrected chi connectivity index (χ0v) is 22.5. The fourth-order valence-corrected chi connectivity index (χ4v) is 5.77. The molecule has 9 nitrogen and oxygen atoms in total. The van der Waals surface area contributed by atoms with Crippen LogP contribution in [0.15, 0.2) is 34.1 Å². The largest absolute Gasteiger partial charge is 0.508 e. The van der Waals surface area contributed by atoms with Crippen LogP contribution in [0.3, 0.4) is 0 Å². The summed E-state index contributed by atoms with van der Waals surface area (Å²) >= 11 is 4.69. The number of piperidine rings is 1. The fraction of sp³-hybridized carbons (Fsp3) is 0.440. The number of amides is 3. The molecule has 0 radical (unpaired) electrons. The maximum atomic E-state index is 13.2. The van der Waals surface area contributed by atoms with Crippen molar-refractivity contribution in [2.24, 2.45) is 0 Å². The molecule has 0 aliphatic carbocycles. The van der Waals surface area contributed by atoms with E-state index in [0.29, 0.717) is 42.2 Å². The maximum Gasteiger partial charge on any atom is 0.508 e. The second-order valence-electron chi connectivity index (χ2n) is 8.80. The van der Waals surface area contributed by atoms with Crippen LogP contribution < -0.4 is 10.2 Å². The number of likely N-dealkylation sites (tertiary alicyclic amines) is 1. The van der Waals surface area contributed by atoms with E-state index in [1.165, 1.54) is 11.3 Å². The molecule has 11 heteroatoms. The van der Waals surface area contributed by atoms with Crippen molar-refractivity contribution in [3.63, 3.8) is 0 Å². The van der Waals surface area contributed by atoms with E-state index < -0.39 is 12.3 Å². The van der Waals surface area contributed by atoms with Gasteiger partial charge < -0.3 is 24.6 Å². The normalized spacial score (nSPS) is 19.8. The Labute approximate surface area is 221 Å². The highest BCUT2D eigenvalue weighted by Crippen LogP contribution is 2.27. The van der Waals surface area contributed by atoms with Crippen molar-refractivity contribution >= 4 is 56.8 Å². The standard InChI is InChI=1S/C25H28BrN3O6S/c1-3-34-25(33)35-18-5-4-10-28(14-18)24(32)19-7-6-17(11-15(19)2)29-13-16(12-22(29)30)27-23(31)20-8-9-21(26)36-20/h6-9,11,16,18H,3-5,10,12-14H2,1-2H3,(H,27,31). The smallest absolute Gasteiger partial charge is 0.435 e. The SMILES string of the molecule is CCOC(=O)OC1CCCN(C(=O)c2ccc(N3CC(NC(=O)c4ccc(Br)s4)CC3=O)cc2C)C1. The molecule has 1 aromatic carbocycles. The van der Waals surface area contributed by atoms with Gasteiger partial charge in [0.2, 0.25) is 5.91 Å². The molecule has 2 saturated heterocycles. The van der Waals surface area contributed by atoms with E-state index in [1.54, 1.807) is 34.9 Å². The van der Waals surface area contributed by atoms with Crippen molar-refractivity contribution in [2.45, 2.75) is 45.3 Å². The molecule has 4 rings (SSSR count). The Balaban J connectivity index is 1.39. The predicted octanol–water partition coefficient (Wildman–Crippen LogP) is 4.13. The first-order valence-electron chi connectivity index (χ1n) is 11.8. The predicted molar refractivity (Wildman–Crippen MR) is 138 cm³/mol. The van der Waals surface area contributed by atoms with Gasteiger partial charge in [-0.05, 0) is 78.5 Å². The van der Waals surface area contributed by atoms with Crippen LogP contribution >= 0.6 is 27.3 Å². The van der Waals surface area contributed by atoms with Crippen molar-refractivity contribution in [1.82, 2.24) is 10.2 Å². The van der Waals surface area contributed by atoms with E-state index in [0.717, 1.165) is 15.8 Å². The lowest BCUT2D eigenvalue weighted by atomic mass is 10.0. The quantitative estimate of drug-likeness (QED) is 0.517. The monoisotopic (exact) mass is 577 g/mol. The van der Waals surface area contributed by atoms with Gasteiger partial charge in [-0.25, -0.2) is 4.79 Å². The Morgan fingerprint density at radius 2 is 2.00 bits per heavy atom. The first kappa shape index (κ1) is 26.2. The summed E-state index contributed by atoms with van der Waals surface area (Å²) in [6.45, 7) is 5.03. The van der Waals surface area contributed by atoms with Gasteiger partial charge in [0.1, 0.15) is 6.10 Å². The minimum absolute atomic E-state index is 0.0823. The number of benzene rings is 1. The molecule has 1 aromatic heterocycles. The van der Waals surface area contributed by atoms with Crippen molar-refractivity contribution in [1.29, 1.82) is 0 Å². The summed E-state index contributed by atoms with van der Waals surface area (Å²) in [5, 5.41) is 2.93. The molecule has 3 amide bonds. The zero-order chi connectivity index (χ0) is 25.8. The number of hydrogen-bond donors (Lipinski definition) is 1. The van der Waals surface area contributed by atoms with Crippen molar-refractivity contribution in [2.75, 3.05) is 31.1 Å². The number of thiophene rings is 1. The molecule has 2 aliphatic heterocycles. The number of aryl methyl sites for hydroxylation is 1. The van der Waals surface area contributed by atoms with Crippen molar-refractivity contribution in [3.05, 3.63) is 50.1 Å². The summed E-state index contributed by atoms with van der Waals surface area (Å²) in [7, 11) is 0. The third-order valence-corrected chi connectivity index (χ3v) is 7.82. The molecule has 2 aliphatic rings. The average Bonchev–Trinajstić information content (AvgIpc) is 3.44. The zero-order valence-electron chi connectivity index (χ0n) is 20.1. The summed E-state index contributed by atoms with van der Waals surface area (Å²) in [5.74, 6) is -0.424. The van der Waals surface area contributed by atoms with Crippen LogP contribution in [0, 0.1) is 6.92 Å². The minimum atomic E-state index is -0.717. The second kappa shape index (κ2) is 11.4. The number of rotatable bonds is 6. The number of ether oxygens (including phenoxy) is 2. The van der Waals surface area contributed by atoms with Gasteiger partial charge >= 0.3 is 6.16 Å². The van der Waals surface area contributed by atoms with Gasteiger partial charge in [-0.3, -0.25) is 14.4 Å². The molecule has 192 valence electrons. The van der Waals surface area contributed by atoms with Crippen LogP contribution in [0.4, 0.5) is 10.5 Å². The lowest BCUT2D eigenvalue weighted by Crippen LogP contribution is -2.44. The molecule has 0 saturated carbocycles. The van der Waals surface area contributed by atoms with Gasteiger partial charge in [-0.1, -0.05) is 0 Å². The molecule has 2 unspecified atom stereocenters. The number of carbonyl (C=O) groups excluding carboxylic acids is 4. The van der Waals surface area contributed by atoms with Crippen molar-refractivity contribution < 1.29 is 28.7 Å². The molecular weight excluding hydrogens is 550 g/mol. The average molecular weight is 578 g/mol. The van der Waals surface area contributed by atoms with E-state index in [1.807, 2.05) is 19.1 Å². The highest BCUT2D eigenvalue weighted by Gasteiger charge is 2.33. The van der Waals surface area contributed by atoms with Crippen LogP contribution in [0.2, 0.25) is 0 Å². The molecule has 3 heterocycles. The number of hydrogen-bond acceptors (Lipinski definition) is 7. The van der Waals surface area contributed by atoms with Crippen LogP contribution in [0.1, 0.15) is 51.8 Å². The number of anilines is 1. The molecule has 0 spiro atoms. The molecule has 0 bridgehead atoms. The van der Waals surface area contributed by atoms with Crippen LogP contribution in [0.25, 0.3) is 0 Å². The Hall–Kier alpha value is -2.92. The molecule has 2 fully saturated rings. The van der Waals surface area contributed by atoms with E-state index in [9.17, 15) is 19.2 Å². The van der Waals surface area contributed by atoms with E-state index in [4.69, 9.17) is 9.47 Å². The summed E-state index contributed by atoms with van der Waals surface area (Å²) < 4.78 is 11.0. The molecule has 36 heavy (non-hydrogen) atoms. The molecule has 1 N–H and O–H groups in total. The van der Waals surface area contributed by atoms with Gasteiger partial charge in [0.25, 0.3) is 11.8 Å². The van der Waals surface area contributed by atoms with E-state index >= 15 is 0 Å². The molecule has 2 atom stereocenters. The second-order valence-corrected chi connectivity index (χ2v) is 11.3. The Kier molecular flexibility index (Phi) is 8.30. The van der Waals surface area contributed by atoms with Gasteiger partial charge in [-0.2, -0.15) is 0 Å². The van der Waals surface area contributed by atoms with E-state index in [2.05, 4.69) is 21.2 Å². The maximum absolute atomic E-state index is 13.2. The van der Waals surface area contributed by atoms with Crippen molar-refractivity contribution in [3.8, 4) is 0 Å². The number of nitrogens with one attached hydrogen (secondary N) is 1. The van der Waals surface area contributed by atoms with E-state index in [-0.39, 0.29) is 36.8 Å². The fourth-order valence-electron chi connectivity index (χ4n) is 4.48. The number of nitrogens with zero attached hydrogens (tertiary/aromatic N) is 2. The Morgan fingerprint density at radius 3 is 2.69 bits per heavy atom. The highest BCUT2D eigenvalue weighted by atomic mass is 79.9. The third kappa shape index (κ3) is 6.07. The third-order valence-electron chi connectivity index (χ3n) is 6.20. The lowest BCUT2D eigenvalue weighted by molar-refractivity contribution is -0.117. The Bertz CT molecular complexity index is 1170. The summed E-state index contributed by atoms with van der Waals surface area (Å²) in [6, 6.07) is 8.57. The Morgan fingerprint density at radius 1 is 1.19 bits per heavy atom. The summed E-state index contributed by atoms with van der Waals surface area (Å²) in [6.07, 6.45) is 0.508. The lowest BCUT2D eigenvalue weighted by Gasteiger charge is -2.32. The van der Waals surface area contributed by atoms with Gasteiger partial charge in [0, 0.05) is 30.8 Å².